The van der Waals surface area contributed by atoms with E-state index in [9.17, 15) is 14.4 Å². The molecular formula is C10H23N3O7S. The van der Waals surface area contributed by atoms with Gasteiger partial charge in [-0.25, -0.2) is 0 Å². The third-order valence-electron chi connectivity index (χ3n) is 1.48. The fourth-order valence-corrected chi connectivity index (χ4v) is 0.583. The summed E-state index contributed by atoms with van der Waals surface area (Å²) in [6, 6.07) is -1.94. The Kier molecular flexibility index (Phi) is 17.6. The van der Waals surface area contributed by atoms with Crippen LogP contribution < -0.4 is 11.5 Å². The molecule has 0 fully saturated rings. The molecular weight excluding hydrogens is 306 g/mol. The minimum atomic E-state index is -1.18. The summed E-state index contributed by atoms with van der Waals surface area (Å²) in [5.74, 6) is -2.78. The van der Waals surface area contributed by atoms with Gasteiger partial charge in [0.2, 0.25) is 0 Å². The molecule has 2 atom stereocenters. The molecule has 126 valence electrons. The molecule has 0 aromatic carbocycles. The molecule has 0 spiro atoms. The molecule has 8 N–H and O–H groups in total. The van der Waals surface area contributed by atoms with Crippen LogP contribution in [0.2, 0.25) is 0 Å². The van der Waals surface area contributed by atoms with Crippen molar-refractivity contribution in [3.05, 3.63) is 0 Å². The highest BCUT2D eigenvalue weighted by molar-refractivity contribution is 7.80. The van der Waals surface area contributed by atoms with Gasteiger partial charge in [0.05, 0.1) is 13.2 Å². The standard InChI is InChI=1S/C4H9NO2.C3H7NO3.C3H7NO2S/c1-5(2)3-4(6)7;4-2(1-5)3(6)7;4-2(1-7)3(5)6/h3H2,1-2H3,(H,6,7);2,5H,1,4H2,(H,6,7);2,7H,1,4H2,(H,5,6)/t;2*2-/m.00/s1. The molecule has 0 aliphatic heterocycles. The van der Waals surface area contributed by atoms with Crippen LogP contribution in [-0.4, -0.2) is 88.3 Å². The number of hydrogen-bond acceptors (Lipinski definition) is 8. The zero-order valence-electron chi connectivity index (χ0n) is 11.8. The third-order valence-corrected chi connectivity index (χ3v) is 1.87. The fourth-order valence-electron chi connectivity index (χ4n) is 0.427. The Morgan fingerprint density at radius 1 is 1.05 bits per heavy atom. The summed E-state index contributed by atoms with van der Waals surface area (Å²) in [6.45, 7) is -0.394. The molecule has 0 saturated carbocycles. The molecule has 0 saturated heterocycles. The van der Waals surface area contributed by atoms with Crippen molar-refractivity contribution < 1.29 is 34.8 Å². The molecule has 21 heavy (non-hydrogen) atoms. The van der Waals surface area contributed by atoms with Gasteiger partial charge in [-0.15, -0.1) is 0 Å². The summed E-state index contributed by atoms with van der Waals surface area (Å²) in [6.07, 6.45) is 0. The van der Waals surface area contributed by atoms with Crippen molar-refractivity contribution in [3.63, 3.8) is 0 Å². The highest BCUT2D eigenvalue weighted by atomic mass is 32.1. The van der Waals surface area contributed by atoms with Gasteiger partial charge in [0.25, 0.3) is 0 Å². The average molecular weight is 329 g/mol. The highest BCUT2D eigenvalue weighted by Gasteiger charge is 2.07. The highest BCUT2D eigenvalue weighted by Crippen LogP contribution is 1.80. The molecule has 0 unspecified atom stereocenters. The molecule has 0 aromatic rings. The zero-order chi connectivity index (χ0) is 17.6. The van der Waals surface area contributed by atoms with Crippen LogP contribution in [0.3, 0.4) is 0 Å². The SMILES string of the molecule is CN(C)CC(=O)O.N[C@@H](CO)C(=O)O.N[C@@H](CS)C(=O)O. The van der Waals surface area contributed by atoms with E-state index in [2.05, 4.69) is 12.6 Å². The molecule has 0 radical (unpaired) electrons. The Morgan fingerprint density at radius 3 is 1.43 bits per heavy atom. The summed E-state index contributed by atoms with van der Waals surface area (Å²) >= 11 is 3.65. The van der Waals surface area contributed by atoms with Crippen LogP contribution in [-0.2, 0) is 14.4 Å². The van der Waals surface area contributed by atoms with Crippen LogP contribution in [0.15, 0.2) is 0 Å². The van der Waals surface area contributed by atoms with E-state index in [0.29, 0.717) is 0 Å². The lowest BCUT2D eigenvalue weighted by atomic mass is 10.3. The van der Waals surface area contributed by atoms with Crippen molar-refractivity contribution in [2.45, 2.75) is 12.1 Å². The van der Waals surface area contributed by atoms with Crippen molar-refractivity contribution >= 4 is 30.5 Å². The van der Waals surface area contributed by atoms with Crippen LogP contribution >= 0.6 is 12.6 Å². The third kappa shape index (κ3) is 24.0. The summed E-state index contributed by atoms with van der Waals surface area (Å²) in [5, 5.41) is 31.9. The van der Waals surface area contributed by atoms with E-state index in [1.165, 1.54) is 0 Å². The number of aliphatic hydroxyl groups is 1. The van der Waals surface area contributed by atoms with Gasteiger partial charge in [-0.3, -0.25) is 19.3 Å². The van der Waals surface area contributed by atoms with Gasteiger partial charge in [0.15, 0.2) is 0 Å². The maximum Gasteiger partial charge on any atom is 0.322 e. The number of aliphatic hydroxyl groups excluding tert-OH is 1. The predicted molar refractivity (Wildman–Crippen MR) is 78.4 cm³/mol. The average Bonchev–Trinajstić information content (AvgIpc) is 2.36. The number of carbonyl (C=O) groups is 3. The quantitative estimate of drug-likeness (QED) is 0.254. The van der Waals surface area contributed by atoms with E-state index in [1.807, 2.05) is 0 Å². The lowest BCUT2D eigenvalue weighted by Crippen LogP contribution is -2.33. The second-order valence-electron chi connectivity index (χ2n) is 3.89. The van der Waals surface area contributed by atoms with Gasteiger partial charge in [-0.1, -0.05) is 0 Å². The lowest BCUT2D eigenvalue weighted by Gasteiger charge is -2.01. The number of rotatable bonds is 6. The minimum Gasteiger partial charge on any atom is -0.480 e. The molecule has 0 aromatic heterocycles. The largest absolute Gasteiger partial charge is 0.480 e. The predicted octanol–water partition coefficient (Wildman–Crippen LogP) is -2.65. The van der Waals surface area contributed by atoms with Gasteiger partial charge in [-0.2, -0.15) is 12.6 Å². The van der Waals surface area contributed by atoms with Crippen LogP contribution in [0.4, 0.5) is 0 Å². The first-order valence-corrected chi connectivity index (χ1v) is 6.17. The number of thiol groups is 1. The zero-order valence-corrected chi connectivity index (χ0v) is 12.7. The van der Waals surface area contributed by atoms with Crippen LogP contribution in [0.1, 0.15) is 0 Å². The van der Waals surface area contributed by atoms with Crippen molar-refractivity contribution in [2.24, 2.45) is 11.5 Å². The Bertz CT molecular complexity index is 295. The van der Waals surface area contributed by atoms with Crippen LogP contribution in [0.5, 0.6) is 0 Å². The summed E-state index contributed by atoms with van der Waals surface area (Å²) in [5.41, 5.74) is 9.71. The van der Waals surface area contributed by atoms with E-state index >= 15 is 0 Å². The maximum atomic E-state index is 9.77. The van der Waals surface area contributed by atoms with Gasteiger partial charge in [0.1, 0.15) is 12.1 Å². The molecule has 0 bridgehead atoms. The Labute approximate surface area is 127 Å². The molecule has 0 aliphatic rings. The normalized spacial score (nSPS) is 12.1. The van der Waals surface area contributed by atoms with Crippen molar-refractivity contribution in [2.75, 3.05) is 33.0 Å². The Balaban J connectivity index is -0.000000231. The van der Waals surface area contributed by atoms with Crippen LogP contribution in [0.25, 0.3) is 0 Å². The Morgan fingerprint density at radius 2 is 1.43 bits per heavy atom. The summed E-state index contributed by atoms with van der Waals surface area (Å²) in [4.78, 5) is 30.8. The molecule has 10 nitrogen and oxygen atoms in total. The monoisotopic (exact) mass is 329 g/mol. The number of carboxylic acids is 3. The first-order valence-electron chi connectivity index (χ1n) is 5.54. The van der Waals surface area contributed by atoms with Crippen LogP contribution in [0, 0.1) is 0 Å². The number of nitrogens with zero attached hydrogens (tertiary/aromatic N) is 1. The first-order chi connectivity index (χ1) is 9.49. The van der Waals surface area contributed by atoms with Crippen molar-refractivity contribution in [1.82, 2.24) is 4.90 Å². The molecule has 0 heterocycles. The van der Waals surface area contributed by atoms with Gasteiger partial charge in [0, 0.05) is 5.75 Å². The first kappa shape index (κ1) is 24.6. The lowest BCUT2D eigenvalue weighted by molar-refractivity contribution is -0.140. The molecule has 0 rings (SSSR count). The van der Waals surface area contributed by atoms with Crippen molar-refractivity contribution in [1.29, 1.82) is 0 Å². The van der Waals surface area contributed by atoms with Crippen molar-refractivity contribution in [3.8, 4) is 0 Å². The van der Waals surface area contributed by atoms with E-state index in [4.69, 9.17) is 31.9 Å². The molecule has 0 aliphatic carbocycles. The summed E-state index contributed by atoms with van der Waals surface area (Å²) in [7, 11) is 3.43. The second-order valence-corrected chi connectivity index (χ2v) is 4.25. The van der Waals surface area contributed by atoms with E-state index < -0.39 is 36.6 Å². The van der Waals surface area contributed by atoms with E-state index in [-0.39, 0.29) is 12.3 Å². The van der Waals surface area contributed by atoms with E-state index in [0.717, 1.165) is 0 Å². The fraction of sp³-hybridized carbons (Fsp3) is 0.700. The number of carboxylic acid groups (broad SMARTS) is 3. The summed E-state index contributed by atoms with van der Waals surface area (Å²) < 4.78 is 0. The number of nitrogens with two attached hydrogens (primary N) is 2. The topological polar surface area (TPSA) is 187 Å². The van der Waals surface area contributed by atoms with Gasteiger partial charge in [-0.05, 0) is 14.1 Å². The van der Waals surface area contributed by atoms with E-state index in [1.54, 1.807) is 19.0 Å². The molecule has 11 heteroatoms. The van der Waals surface area contributed by atoms with Gasteiger partial charge < -0.3 is 31.9 Å². The molecule has 0 amide bonds. The Hall–Kier alpha value is -1.40. The minimum absolute atomic E-state index is 0.111. The maximum absolute atomic E-state index is 9.77. The number of aliphatic carboxylic acids is 3. The smallest absolute Gasteiger partial charge is 0.322 e. The number of likely N-dealkylation sites (N-methyl/N-ethyl adjacent to an activating group) is 1. The van der Waals surface area contributed by atoms with Gasteiger partial charge >= 0.3 is 17.9 Å². The number of hydrogen-bond donors (Lipinski definition) is 7. The second kappa shape index (κ2) is 15.0.